The molecule has 0 atom stereocenters. The molecule has 1 aliphatic rings. The standard InChI is InChI=1S/C14H18F2N2O/c15-11-2-3-12(16)10(7-11)1-4-13(19)18-9-14(8-17)5-6-14/h2-3,7H,1,4-6,8-9,17H2,(H,18,19). The predicted octanol–water partition coefficient (Wildman–Crippen LogP) is 1.75. The van der Waals surface area contributed by atoms with Gasteiger partial charge in [-0.3, -0.25) is 4.79 Å². The molecule has 1 aromatic carbocycles. The number of amides is 1. The molecule has 1 amide bonds. The number of nitrogens with one attached hydrogen (secondary N) is 1. The Labute approximate surface area is 111 Å². The Balaban J connectivity index is 1.78. The Morgan fingerprint density at radius 3 is 2.74 bits per heavy atom. The Bertz CT molecular complexity index is 473. The minimum Gasteiger partial charge on any atom is -0.355 e. The zero-order valence-electron chi connectivity index (χ0n) is 10.7. The fourth-order valence-electron chi connectivity index (χ4n) is 1.99. The van der Waals surface area contributed by atoms with Crippen LogP contribution in [0.2, 0.25) is 0 Å². The molecule has 0 heterocycles. The topological polar surface area (TPSA) is 55.1 Å². The monoisotopic (exact) mass is 268 g/mol. The van der Waals surface area contributed by atoms with Crippen LogP contribution in [0.15, 0.2) is 18.2 Å². The van der Waals surface area contributed by atoms with Crippen LogP contribution >= 0.6 is 0 Å². The molecule has 0 aliphatic heterocycles. The van der Waals surface area contributed by atoms with Crippen molar-refractivity contribution in [1.29, 1.82) is 0 Å². The third-order valence-corrected chi connectivity index (χ3v) is 3.68. The summed E-state index contributed by atoms with van der Waals surface area (Å²) in [4.78, 5) is 11.6. The van der Waals surface area contributed by atoms with Crippen molar-refractivity contribution in [1.82, 2.24) is 5.32 Å². The van der Waals surface area contributed by atoms with Gasteiger partial charge in [0.25, 0.3) is 0 Å². The summed E-state index contributed by atoms with van der Waals surface area (Å²) in [5.74, 6) is -1.12. The average molecular weight is 268 g/mol. The number of hydrogen-bond donors (Lipinski definition) is 2. The van der Waals surface area contributed by atoms with Crippen molar-refractivity contribution in [3.05, 3.63) is 35.4 Å². The molecule has 1 saturated carbocycles. The van der Waals surface area contributed by atoms with Gasteiger partial charge in [-0.2, -0.15) is 0 Å². The first kappa shape index (κ1) is 13.9. The quantitative estimate of drug-likeness (QED) is 0.826. The van der Waals surface area contributed by atoms with Crippen molar-refractivity contribution in [3.8, 4) is 0 Å². The minimum absolute atomic E-state index is 0.0831. The maximum Gasteiger partial charge on any atom is 0.220 e. The number of benzene rings is 1. The molecule has 19 heavy (non-hydrogen) atoms. The van der Waals surface area contributed by atoms with Gasteiger partial charge in [0.1, 0.15) is 11.6 Å². The first-order chi connectivity index (χ1) is 9.04. The van der Waals surface area contributed by atoms with Crippen LogP contribution in [-0.4, -0.2) is 19.0 Å². The second-order valence-electron chi connectivity index (χ2n) is 5.22. The van der Waals surface area contributed by atoms with E-state index in [-0.39, 0.29) is 29.7 Å². The molecule has 3 nitrogen and oxygen atoms in total. The highest BCUT2D eigenvalue weighted by Crippen LogP contribution is 2.43. The summed E-state index contributed by atoms with van der Waals surface area (Å²) in [6.45, 7) is 1.15. The van der Waals surface area contributed by atoms with E-state index in [9.17, 15) is 13.6 Å². The van der Waals surface area contributed by atoms with Gasteiger partial charge in [0.2, 0.25) is 5.91 Å². The molecule has 0 unspecified atom stereocenters. The van der Waals surface area contributed by atoms with Gasteiger partial charge in [-0.25, -0.2) is 8.78 Å². The Hall–Kier alpha value is -1.49. The molecule has 2 rings (SSSR count). The second-order valence-corrected chi connectivity index (χ2v) is 5.22. The van der Waals surface area contributed by atoms with Crippen molar-refractivity contribution in [2.45, 2.75) is 25.7 Å². The van der Waals surface area contributed by atoms with E-state index in [0.29, 0.717) is 13.1 Å². The van der Waals surface area contributed by atoms with Gasteiger partial charge in [0.15, 0.2) is 0 Å². The average Bonchev–Trinajstić information content (AvgIpc) is 3.18. The molecule has 0 aromatic heterocycles. The molecule has 0 spiro atoms. The summed E-state index contributed by atoms with van der Waals surface area (Å²) < 4.78 is 26.3. The number of rotatable bonds is 6. The van der Waals surface area contributed by atoms with Crippen molar-refractivity contribution >= 4 is 5.91 Å². The van der Waals surface area contributed by atoms with E-state index in [4.69, 9.17) is 5.73 Å². The molecule has 104 valence electrons. The second kappa shape index (κ2) is 5.65. The molecule has 0 bridgehead atoms. The Morgan fingerprint density at radius 2 is 2.11 bits per heavy atom. The lowest BCUT2D eigenvalue weighted by atomic mass is 10.1. The summed E-state index contributed by atoms with van der Waals surface area (Å²) in [5.41, 5.74) is 5.93. The van der Waals surface area contributed by atoms with E-state index in [0.717, 1.165) is 31.0 Å². The van der Waals surface area contributed by atoms with E-state index in [2.05, 4.69) is 5.32 Å². The fourth-order valence-corrected chi connectivity index (χ4v) is 1.99. The number of nitrogens with two attached hydrogens (primary N) is 1. The summed E-state index contributed by atoms with van der Waals surface area (Å²) in [6.07, 6.45) is 2.44. The molecule has 0 radical (unpaired) electrons. The van der Waals surface area contributed by atoms with Gasteiger partial charge in [0, 0.05) is 13.0 Å². The lowest BCUT2D eigenvalue weighted by molar-refractivity contribution is -0.121. The van der Waals surface area contributed by atoms with Crippen LogP contribution in [0.4, 0.5) is 8.78 Å². The summed E-state index contributed by atoms with van der Waals surface area (Å²) in [7, 11) is 0. The van der Waals surface area contributed by atoms with Crippen LogP contribution in [0.1, 0.15) is 24.8 Å². The highest BCUT2D eigenvalue weighted by molar-refractivity contribution is 5.76. The van der Waals surface area contributed by atoms with Crippen LogP contribution in [0.3, 0.4) is 0 Å². The summed E-state index contributed by atoms with van der Waals surface area (Å²) in [5, 5.41) is 2.81. The van der Waals surface area contributed by atoms with Gasteiger partial charge in [-0.05, 0) is 55.0 Å². The van der Waals surface area contributed by atoms with E-state index in [1.54, 1.807) is 0 Å². The molecule has 1 fully saturated rings. The van der Waals surface area contributed by atoms with Gasteiger partial charge in [-0.15, -0.1) is 0 Å². The SMILES string of the molecule is NCC1(CNC(=O)CCc2cc(F)ccc2F)CC1. The van der Waals surface area contributed by atoms with Crippen molar-refractivity contribution in [3.63, 3.8) is 0 Å². The van der Waals surface area contributed by atoms with Gasteiger partial charge < -0.3 is 11.1 Å². The van der Waals surface area contributed by atoms with Crippen LogP contribution in [-0.2, 0) is 11.2 Å². The molecular weight excluding hydrogens is 250 g/mol. The lowest BCUT2D eigenvalue weighted by Crippen LogP contribution is -2.34. The number of aryl methyl sites for hydroxylation is 1. The molecule has 5 heteroatoms. The molecular formula is C14H18F2N2O. The van der Waals surface area contributed by atoms with E-state index >= 15 is 0 Å². The van der Waals surface area contributed by atoms with Crippen molar-refractivity contribution in [2.75, 3.05) is 13.1 Å². The van der Waals surface area contributed by atoms with Crippen LogP contribution in [0.5, 0.6) is 0 Å². The van der Waals surface area contributed by atoms with Crippen LogP contribution < -0.4 is 11.1 Å². The van der Waals surface area contributed by atoms with Crippen LogP contribution in [0.25, 0.3) is 0 Å². The van der Waals surface area contributed by atoms with Gasteiger partial charge in [-0.1, -0.05) is 0 Å². The maximum absolute atomic E-state index is 13.3. The normalized spacial score (nSPS) is 16.2. The Kier molecular flexibility index (Phi) is 4.14. The third-order valence-electron chi connectivity index (χ3n) is 3.68. The summed E-state index contributed by atoms with van der Waals surface area (Å²) >= 11 is 0. The summed E-state index contributed by atoms with van der Waals surface area (Å²) in [6, 6.07) is 3.28. The molecule has 3 N–H and O–H groups in total. The third kappa shape index (κ3) is 3.73. The first-order valence-corrected chi connectivity index (χ1v) is 6.45. The van der Waals surface area contributed by atoms with E-state index < -0.39 is 11.6 Å². The smallest absolute Gasteiger partial charge is 0.220 e. The Morgan fingerprint density at radius 1 is 1.37 bits per heavy atom. The zero-order valence-corrected chi connectivity index (χ0v) is 10.7. The number of halogens is 2. The van der Waals surface area contributed by atoms with Crippen LogP contribution in [0, 0.1) is 17.0 Å². The van der Waals surface area contributed by atoms with E-state index in [1.807, 2.05) is 0 Å². The maximum atomic E-state index is 13.3. The number of hydrogen-bond acceptors (Lipinski definition) is 2. The minimum atomic E-state index is -0.489. The van der Waals surface area contributed by atoms with E-state index in [1.165, 1.54) is 0 Å². The highest BCUT2D eigenvalue weighted by atomic mass is 19.1. The predicted molar refractivity (Wildman–Crippen MR) is 68.4 cm³/mol. The lowest BCUT2D eigenvalue weighted by Gasteiger charge is -2.13. The first-order valence-electron chi connectivity index (χ1n) is 6.45. The highest BCUT2D eigenvalue weighted by Gasteiger charge is 2.41. The number of carbonyl (C=O) groups is 1. The van der Waals surface area contributed by atoms with Crippen molar-refractivity contribution < 1.29 is 13.6 Å². The van der Waals surface area contributed by atoms with Crippen molar-refractivity contribution in [2.24, 2.45) is 11.1 Å². The van der Waals surface area contributed by atoms with Gasteiger partial charge in [0.05, 0.1) is 0 Å². The van der Waals surface area contributed by atoms with Gasteiger partial charge >= 0.3 is 0 Å². The largest absolute Gasteiger partial charge is 0.355 e. The molecule has 1 aromatic rings. The molecule has 0 saturated heterocycles. The fraction of sp³-hybridized carbons (Fsp3) is 0.500. The zero-order chi connectivity index (χ0) is 13.9. The number of carbonyl (C=O) groups excluding carboxylic acids is 1. The molecule has 1 aliphatic carbocycles.